The molecular formula is C109H181ClO6. The summed E-state index contributed by atoms with van der Waals surface area (Å²) in [5.41, 5.74) is 3.97. The second kappa shape index (κ2) is 78.9. The number of halogens is 1. The molecule has 6 fully saturated rings. The molecule has 12 atom stereocenters. The largest absolute Gasteiger partial charge is 0.381 e. The molecule has 6 saturated carbocycles. The third-order valence-corrected chi connectivity index (χ3v) is 24.8. The van der Waals surface area contributed by atoms with E-state index in [-0.39, 0.29) is 0 Å². The maximum absolute atomic E-state index is 5.99. The summed E-state index contributed by atoms with van der Waals surface area (Å²) in [7, 11) is 11.0. The van der Waals surface area contributed by atoms with Crippen LogP contribution in [0.15, 0.2) is 200 Å². The van der Waals surface area contributed by atoms with Gasteiger partial charge in [0.05, 0.1) is 36.6 Å². The van der Waals surface area contributed by atoms with E-state index >= 15 is 0 Å². The first-order chi connectivity index (χ1) is 56.4. The minimum absolute atomic E-state index is 0.393. The molecule has 6 aromatic carbocycles. The minimum atomic E-state index is 0.393. The highest BCUT2D eigenvalue weighted by Gasteiger charge is 2.24. The molecule has 6 aliphatic rings. The van der Waals surface area contributed by atoms with E-state index in [0.29, 0.717) is 42.5 Å². The molecule has 660 valence electrons. The van der Waals surface area contributed by atoms with Crippen molar-refractivity contribution < 1.29 is 28.4 Å². The van der Waals surface area contributed by atoms with E-state index in [4.69, 9.17) is 40.0 Å². The number of methoxy groups -OCH3 is 6. The lowest BCUT2D eigenvalue weighted by atomic mass is 9.92. The van der Waals surface area contributed by atoms with Crippen molar-refractivity contribution in [2.24, 2.45) is 53.3 Å². The normalized spacial score (nSPS) is 26.1. The van der Waals surface area contributed by atoms with Crippen molar-refractivity contribution in [3.05, 3.63) is 217 Å². The summed E-state index contributed by atoms with van der Waals surface area (Å²) in [4.78, 5) is 0. The maximum Gasteiger partial charge on any atom is 0.0574 e. The quantitative estimate of drug-likeness (QED) is 0.142. The zero-order valence-electron chi connectivity index (χ0n) is 78.0. The number of ether oxygens (including phenoxy) is 6. The third-order valence-electron chi connectivity index (χ3n) is 24.4. The van der Waals surface area contributed by atoms with Crippen LogP contribution >= 0.6 is 11.6 Å². The van der Waals surface area contributed by atoms with Gasteiger partial charge in [0, 0.05) is 48.5 Å². The van der Waals surface area contributed by atoms with Crippen LogP contribution < -0.4 is 0 Å². The molecule has 12 unspecified atom stereocenters. The van der Waals surface area contributed by atoms with Gasteiger partial charge in [0.15, 0.2) is 0 Å². The summed E-state index contributed by atoms with van der Waals surface area (Å²) in [5.74, 6) is 8.77. The van der Waals surface area contributed by atoms with E-state index in [1.165, 1.54) is 261 Å². The maximum atomic E-state index is 5.99. The summed E-state index contributed by atoms with van der Waals surface area (Å²) in [6.45, 7) is 25.3. The highest BCUT2D eigenvalue weighted by atomic mass is 35.5. The van der Waals surface area contributed by atoms with Crippen LogP contribution in [0.1, 0.15) is 329 Å². The van der Waals surface area contributed by atoms with Crippen molar-refractivity contribution in [1.82, 2.24) is 0 Å². The molecule has 0 bridgehead atoms. The van der Waals surface area contributed by atoms with Gasteiger partial charge < -0.3 is 28.4 Å². The number of benzene rings is 6. The van der Waals surface area contributed by atoms with Gasteiger partial charge in [-0.1, -0.05) is 452 Å². The second-order valence-corrected chi connectivity index (χ2v) is 35.8. The molecule has 0 heterocycles. The Hall–Kier alpha value is -4.63. The summed E-state index contributed by atoms with van der Waals surface area (Å²) < 4.78 is 33.0. The van der Waals surface area contributed by atoms with Crippen LogP contribution in [-0.4, -0.2) is 85.2 Å². The molecule has 0 aromatic heterocycles. The molecule has 0 radical (unpaired) electrons. The molecule has 6 aliphatic carbocycles. The van der Waals surface area contributed by atoms with E-state index in [1.54, 1.807) is 0 Å². The Morgan fingerprint density at radius 1 is 0.216 bits per heavy atom. The number of hydrogen-bond donors (Lipinski definition) is 0. The van der Waals surface area contributed by atoms with Gasteiger partial charge in [-0.05, 0) is 151 Å². The molecule has 12 rings (SSSR count). The molecule has 116 heavy (non-hydrogen) atoms. The van der Waals surface area contributed by atoms with Crippen molar-refractivity contribution in [3.8, 4) is 0 Å². The molecule has 0 aliphatic heterocycles. The Balaban J connectivity index is 0.000000641. The summed E-state index contributed by atoms with van der Waals surface area (Å²) >= 11 is 5.99. The van der Waals surface area contributed by atoms with E-state index in [2.05, 4.69) is 113 Å². The number of rotatable bonds is 8. The van der Waals surface area contributed by atoms with Crippen molar-refractivity contribution in [3.63, 3.8) is 0 Å². The highest BCUT2D eigenvalue weighted by Crippen LogP contribution is 2.31. The average Bonchev–Trinajstić information content (AvgIpc) is 1.79. The number of hydrogen-bond acceptors (Lipinski definition) is 6. The average molecular weight is 1620 g/mol. The van der Waals surface area contributed by atoms with Crippen LogP contribution in [0.25, 0.3) is 0 Å². The van der Waals surface area contributed by atoms with Gasteiger partial charge in [-0.2, -0.15) is 0 Å². The second-order valence-electron chi connectivity index (χ2n) is 35.5. The van der Waals surface area contributed by atoms with Crippen LogP contribution in [0.5, 0.6) is 0 Å². The fourth-order valence-corrected chi connectivity index (χ4v) is 16.6. The van der Waals surface area contributed by atoms with Gasteiger partial charge >= 0.3 is 0 Å². The van der Waals surface area contributed by atoms with Crippen LogP contribution in [0.2, 0.25) is 0 Å². The van der Waals surface area contributed by atoms with Crippen LogP contribution in [0.4, 0.5) is 0 Å². The Bertz CT molecular complexity index is 2430. The summed E-state index contributed by atoms with van der Waals surface area (Å²) in [6.07, 6.45) is 56.8. The molecular weight excluding hydrogens is 1440 g/mol. The Morgan fingerprint density at radius 2 is 0.371 bits per heavy atom. The standard InChI is InChI=1S/C13H26O2.C12H23ClO2.C12H24O2.3C11H22.3C7H8.3C6H6/c1-4-11-9-12(14-2)7-5-6-8-13(10-11)15-3;1-14-11-5-3-4-6-12(15-2)8-10(7-11)9-13;1-10-8-11(13-2)6-4-5-7-12(9-10)14-3;3*1-10-6-3-4-7-11(2)9-5-8-10;3*1-7-5-3-2-4-6-7;3*1-2-4-6-5-3-1/h11-13H,4-10H2,1-3H3;10-12H,3-9H2,1-2H3;10-12H,4-9H2,1-3H3;3*10-11H,3-9H2,1-2H3;3*2-6H,1H3;3*1-6H. The molecule has 6 nitrogen and oxygen atoms in total. The molecule has 6 aromatic rings. The van der Waals surface area contributed by atoms with Crippen molar-refractivity contribution in [2.75, 3.05) is 48.5 Å². The lowest BCUT2D eigenvalue weighted by molar-refractivity contribution is 0.0509. The van der Waals surface area contributed by atoms with Gasteiger partial charge in [-0.3, -0.25) is 0 Å². The predicted molar refractivity (Wildman–Crippen MR) is 510 cm³/mol. The number of aryl methyl sites for hydroxylation is 3. The SMILES string of the molecule is CC1CCCCC(C)CCC1.CC1CCCCC(C)CCC1.CC1CCCCC(C)CCC1.CCC1CC(OC)CCCCC(OC)C1.COC1CCCCC(OC)CC(C)C1.COC1CCCCC(OC)CC(CCl)C1.Cc1ccccc1.Cc1ccccc1.Cc1ccccc1.c1ccccc1.c1ccccc1.c1ccccc1. The zero-order chi connectivity index (χ0) is 85.0. The van der Waals surface area contributed by atoms with Crippen molar-refractivity contribution in [2.45, 2.75) is 370 Å². The number of alkyl halides is 1. The smallest absolute Gasteiger partial charge is 0.0574 e. The van der Waals surface area contributed by atoms with Crippen molar-refractivity contribution >= 4 is 11.6 Å². The van der Waals surface area contributed by atoms with E-state index < -0.39 is 0 Å². The molecule has 0 amide bonds. The Morgan fingerprint density at radius 3 is 0.526 bits per heavy atom. The van der Waals surface area contributed by atoms with Crippen molar-refractivity contribution in [1.29, 1.82) is 0 Å². The lowest BCUT2D eigenvalue weighted by Crippen LogP contribution is -2.21. The zero-order valence-corrected chi connectivity index (χ0v) is 78.8. The Labute approximate surface area is 723 Å². The van der Waals surface area contributed by atoms with Gasteiger partial charge in [0.1, 0.15) is 0 Å². The topological polar surface area (TPSA) is 55.4 Å². The van der Waals surface area contributed by atoms with Crippen LogP contribution in [0, 0.1) is 74.0 Å². The van der Waals surface area contributed by atoms with Gasteiger partial charge in [-0.15, -0.1) is 11.6 Å². The van der Waals surface area contributed by atoms with E-state index in [0.717, 1.165) is 66.1 Å². The minimum Gasteiger partial charge on any atom is -0.381 e. The Kier molecular flexibility index (Phi) is 74.4. The molecule has 0 saturated heterocycles. The summed E-state index contributed by atoms with van der Waals surface area (Å²) in [5, 5.41) is 0. The lowest BCUT2D eigenvalue weighted by Gasteiger charge is -2.23. The van der Waals surface area contributed by atoms with Gasteiger partial charge in [-0.25, -0.2) is 0 Å². The predicted octanol–water partition coefficient (Wildman–Crippen LogP) is 32.7. The fourth-order valence-electron chi connectivity index (χ4n) is 16.4. The van der Waals surface area contributed by atoms with Gasteiger partial charge in [0.25, 0.3) is 0 Å². The molecule has 7 heteroatoms. The summed E-state index contributed by atoms with van der Waals surface area (Å²) in [6, 6.07) is 66.8. The van der Waals surface area contributed by atoms with E-state index in [1.807, 2.05) is 206 Å². The van der Waals surface area contributed by atoms with Crippen LogP contribution in [0.3, 0.4) is 0 Å². The third kappa shape index (κ3) is 68.1. The monoisotopic (exact) mass is 1620 g/mol. The first-order valence-corrected chi connectivity index (χ1v) is 47.7. The first kappa shape index (κ1) is 109. The first-order valence-electron chi connectivity index (χ1n) is 47.2. The molecule has 0 N–H and O–H groups in total. The highest BCUT2D eigenvalue weighted by molar-refractivity contribution is 6.18. The van der Waals surface area contributed by atoms with Gasteiger partial charge in [0.2, 0.25) is 0 Å². The molecule has 0 spiro atoms. The van der Waals surface area contributed by atoms with Crippen LogP contribution in [-0.2, 0) is 28.4 Å². The fraction of sp³-hybridized carbons (Fsp3) is 0.670. The van der Waals surface area contributed by atoms with E-state index in [9.17, 15) is 0 Å².